The van der Waals surface area contributed by atoms with E-state index in [2.05, 4.69) is 11.4 Å². The Labute approximate surface area is 129 Å². The van der Waals surface area contributed by atoms with Gasteiger partial charge in [0, 0.05) is 0 Å². The SMILES string of the molecule is CCCCCCCCCCCCC=CC=COP(=O)(O)O. The average Bonchev–Trinajstić information content (AvgIpc) is 2.42. The largest absolute Gasteiger partial charge is 0.524 e. The normalized spacial score (nSPS) is 12.5. The fraction of sp³-hybridized carbons (Fsp3) is 0.750. The van der Waals surface area contributed by atoms with Crippen molar-refractivity contribution in [2.45, 2.75) is 77.6 Å². The van der Waals surface area contributed by atoms with E-state index in [0.29, 0.717) is 0 Å². The van der Waals surface area contributed by atoms with Crippen LogP contribution in [0.15, 0.2) is 24.5 Å². The molecule has 0 saturated heterocycles. The Morgan fingerprint density at radius 3 is 1.90 bits per heavy atom. The van der Waals surface area contributed by atoms with Crippen molar-refractivity contribution in [3.05, 3.63) is 24.5 Å². The molecule has 2 N–H and O–H groups in total. The van der Waals surface area contributed by atoms with Gasteiger partial charge in [0.25, 0.3) is 0 Å². The summed E-state index contributed by atoms with van der Waals surface area (Å²) in [4.78, 5) is 16.9. The third-order valence-electron chi connectivity index (χ3n) is 3.25. The zero-order valence-electron chi connectivity index (χ0n) is 13.2. The summed E-state index contributed by atoms with van der Waals surface area (Å²) in [5, 5.41) is 0. The zero-order chi connectivity index (χ0) is 15.8. The molecule has 0 rings (SSSR count). The second-order valence-corrected chi connectivity index (χ2v) is 6.52. The fourth-order valence-corrected chi connectivity index (χ4v) is 2.31. The molecule has 21 heavy (non-hydrogen) atoms. The molecule has 0 saturated carbocycles. The Morgan fingerprint density at radius 1 is 0.857 bits per heavy atom. The Balaban J connectivity index is 3.23. The monoisotopic (exact) mass is 318 g/mol. The van der Waals surface area contributed by atoms with Gasteiger partial charge >= 0.3 is 7.82 Å². The Kier molecular flexibility index (Phi) is 14.0. The summed E-state index contributed by atoms with van der Waals surface area (Å²) in [6, 6.07) is 0. The molecule has 0 bridgehead atoms. The van der Waals surface area contributed by atoms with Gasteiger partial charge in [-0.1, -0.05) is 76.9 Å². The van der Waals surface area contributed by atoms with Crippen molar-refractivity contribution in [2.24, 2.45) is 0 Å². The molecule has 0 aromatic carbocycles. The molecule has 124 valence electrons. The number of hydrogen-bond acceptors (Lipinski definition) is 2. The van der Waals surface area contributed by atoms with E-state index in [4.69, 9.17) is 9.79 Å². The number of phosphoric ester groups is 1. The highest BCUT2D eigenvalue weighted by molar-refractivity contribution is 7.46. The molecule has 0 amide bonds. The van der Waals surface area contributed by atoms with Crippen molar-refractivity contribution in [1.82, 2.24) is 0 Å². The van der Waals surface area contributed by atoms with Gasteiger partial charge in [0.1, 0.15) is 0 Å². The van der Waals surface area contributed by atoms with Gasteiger partial charge in [0.05, 0.1) is 6.26 Å². The maximum Gasteiger partial charge on any atom is 0.524 e. The van der Waals surface area contributed by atoms with Crippen molar-refractivity contribution in [3.63, 3.8) is 0 Å². The number of unbranched alkanes of at least 4 members (excludes halogenated alkanes) is 10. The standard InChI is InChI=1S/C16H31O4P/c1-2-3-4-5-6-7-8-9-10-11-12-13-14-15-16-20-21(17,18)19/h13-16H,2-12H2,1H3,(H2,17,18,19). The lowest BCUT2D eigenvalue weighted by molar-refractivity contribution is 0.258. The molecule has 5 heteroatoms. The topological polar surface area (TPSA) is 66.8 Å². The number of phosphoric acid groups is 1. The molecule has 4 nitrogen and oxygen atoms in total. The molecule has 0 fully saturated rings. The van der Waals surface area contributed by atoms with Crippen LogP contribution in [-0.2, 0) is 9.09 Å². The van der Waals surface area contributed by atoms with Crippen LogP contribution < -0.4 is 0 Å². The highest BCUT2D eigenvalue weighted by Crippen LogP contribution is 2.35. The summed E-state index contributed by atoms with van der Waals surface area (Å²) in [5.41, 5.74) is 0. The first-order valence-electron chi connectivity index (χ1n) is 8.12. The minimum absolute atomic E-state index is 0.997. The number of allylic oxidation sites excluding steroid dienone is 3. The molecule has 0 spiro atoms. The molecular formula is C16H31O4P. The molecule has 0 unspecified atom stereocenters. The van der Waals surface area contributed by atoms with E-state index in [1.807, 2.05) is 6.08 Å². The van der Waals surface area contributed by atoms with E-state index in [1.165, 1.54) is 70.3 Å². The molecular weight excluding hydrogens is 287 g/mol. The van der Waals surface area contributed by atoms with Crippen LogP contribution >= 0.6 is 7.82 Å². The van der Waals surface area contributed by atoms with Crippen LogP contribution in [0.4, 0.5) is 0 Å². The minimum Gasteiger partial charge on any atom is -0.412 e. The smallest absolute Gasteiger partial charge is 0.412 e. The molecule has 0 atom stereocenters. The molecule has 0 aliphatic rings. The second kappa shape index (κ2) is 14.4. The van der Waals surface area contributed by atoms with Crippen LogP contribution in [0.1, 0.15) is 77.6 Å². The van der Waals surface area contributed by atoms with Crippen LogP contribution in [-0.4, -0.2) is 9.79 Å². The quantitative estimate of drug-likeness (QED) is 0.193. The Bertz CT molecular complexity index is 320. The molecule has 0 aromatic heterocycles. The first kappa shape index (κ1) is 20.4. The van der Waals surface area contributed by atoms with Crippen LogP contribution in [0.3, 0.4) is 0 Å². The Hall–Kier alpha value is -0.570. The highest BCUT2D eigenvalue weighted by atomic mass is 31.2. The van der Waals surface area contributed by atoms with Crippen molar-refractivity contribution in [3.8, 4) is 0 Å². The summed E-state index contributed by atoms with van der Waals surface area (Å²) < 4.78 is 14.5. The molecule has 0 heterocycles. The lowest BCUT2D eigenvalue weighted by Crippen LogP contribution is -1.81. The fourth-order valence-electron chi connectivity index (χ4n) is 2.08. The van der Waals surface area contributed by atoms with Crippen LogP contribution in [0.2, 0.25) is 0 Å². The summed E-state index contributed by atoms with van der Waals surface area (Å²) in [5.74, 6) is 0. The molecule has 0 aliphatic carbocycles. The van der Waals surface area contributed by atoms with Gasteiger partial charge in [0.2, 0.25) is 0 Å². The van der Waals surface area contributed by atoms with Crippen LogP contribution in [0.5, 0.6) is 0 Å². The number of rotatable bonds is 14. The van der Waals surface area contributed by atoms with E-state index in [1.54, 1.807) is 6.08 Å². The van der Waals surface area contributed by atoms with Crippen LogP contribution in [0, 0.1) is 0 Å². The highest BCUT2D eigenvalue weighted by Gasteiger charge is 2.10. The van der Waals surface area contributed by atoms with Gasteiger partial charge in [0.15, 0.2) is 0 Å². The van der Waals surface area contributed by atoms with Crippen LogP contribution in [0.25, 0.3) is 0 Å². The van der Waals surface area contributed by atoms with E-state index in [9.17, 15) is 4.57 Å². The lowest BCUT2D eigenvalue weighted by Gasteiger charge is -2.01. The predicted octanol–water partition coefficient (Wildman–Crippen LogP) is 5.48. The van der Waals surface area contributed by atoms with E-state index < -0.39 is 7.82 Å². The summed E-state index contributed by atoms with van der Waals surface area (Å²) in [6.07, 6.45) is 20.5. The summed E-state index contributed by atoms with van der Waals surface area (Å²) in [6.45, 7) is 2.24. The molecule has 0 aliphatic heterocycles. The van der Waals surface area contributed by atoms with Crippen molar-refractivity contribution < 1.29 is 18.9 Å². The minimum atomic E-state index is -4.37. The van der Waals surface area contributed by atoms with E-state index in [0.717, 1.165) is 12.7 Å². The lowest BCUT2D eigenvalue weighted by atomic mass is 10.1. The summed E-state index contributed by atoms with van der Waals surface area (Å²) in [7, 11) is -4.37. The van der Waals surface area contributed by atoms with Gasteiger partial charge in [-0.25, -0.2) is 4.57 Å². The van der Waals surface area contributed by atoms with Gasteiger partial charge in [-0.15, -0.1) is 0 Å². The first-order valence-corrected chi connectivity index (χ1v) is 9.65. The average molecular weight is 318 g/mol. The Morgan fingerprint density at radius 2 is 1.38 bits per heavy atom. The van der Waals surface area contributed by atoms with Gasteiger partial charge in [-0.05, 0) is 18.9 Å². The van der Waals surface area contributed by atoms with Gasteiger partial charge in [-0.2, -0.15) is 0 Å². The third-order valence-corrected chi connectivity index (χ3v) is 3.64. The zero-order valence-corrected chi connectivity index (χ0v) is 14.1. The third kappa shape index (κ3) is 19.4. The van der Waals surface area contributed by atoms with Crippen molar-refractivity contribution in [1.29, 1.82) is 0 Å². The van der Waals surface area contributed by atoms with Gasteiger partial charge in [-0.3, -0.25) is 9.79 Å². The van der Waals surface area contributed by atoms with E-state index >= 15 is 0 Å². The van der Waals surface area contributed by atoms with Gasteiger partial charge < -0.3 is 4.52 Å². The summed E-state index contributed by atoms with van der Waals surface area (Å²) >= 11 is 0. The second-order valence-electron chi connectivity index (χ2n) is 5.32. The van der Waals surface area contributed by atoms with E-state index in [-0.39, 0.29) is 0 Å². The maximum absolute atomic E-state index is 10.4. The maximum atomic E-state index is 10.4. The number of hydrogen-bond donors (Lipinski definition) is 2. The predicted molar refractivity (Wildman–Crippen MR) is 87.9 cm³/mol. The van der Waals surface area contributed by atoms with Crippen molar-refractivity contribution >= 4 is 7.82 Å². The van der Waals surface area contributed by atoms with Crippen molar-refractivity contribution in [2.75, 3.05) is 0 Å². The molecule has 0 aromatic rings. The molecule has 0 radical (unpaired) electrons. The first-order chi connectivity index (χ1) is 10.1.